The lowest BCUT2D eigenvalue weighted by Gasteiger charge is -2.32. The van der Waals surface area contributed by atoms with E-state index in [1.165, 1.54) is 17.7 Å². The number of halogens is 4. The lowest BCUT2D eigenvalue weighted by atomic mass is 9.89. The second-order valence-electron chi connectivity index (χ2n) is 7.68. The number of carbonyl (C=O) groups excluding carboxylic acids is 2. The van der Waals surface area contributed by atoms with Crippen LogP contribution >= 0.6 is 0 Å². The molecule has 0 atom stereocenters. The van der Waals surface area contributed by atoms with Crippen molar-refractivity contribution in [2.75, 3.05) is 26.2 Å². The fourth-order valence-electron chi connectivity index (χ4n) is 3.57. The standard InChI is InChI=1S/C24H23F4N2O3/c25-14-17(15-29-23(32)24(26,27)28)16-33-21-8-6-20(7-9-21)22(31)30-12-10-19(11-13-30)18-4-2-1-3-5-18/h1-9,14,19H,10-13,15-16H2/b17-14-. The van der Waals surface area contributed by atoms with E-state index in [2.05, 4.69) is 17.4 Å². The van der Waals surface area contributed by atoms with E-state index in [0.29, 0.717) is 30.3 Å². The van der Waals surface area contributed by atoms with Gasteiger partial charge in [0.2, 0.25) is 0 Å². The summed E-state index contributed by atoms with van der Waals surface area (Å²) in [7, 11) is 0. The van der Waals surface area contributed by atoms with Crippen LogP contribution in [0.5, 0.6) is 5.75 Å². The number of benzene rings is 2. The van der Waals surface area contributed by atoms with Gasteiger partial charge in [0.05, 0.1) is 12.9 Å². The van der Waals surface area contributed by atoms with Gasteiger partial charge in [-0.3, -0.25) is 9.59 Å². The van der Waals surface area contributed by atoms with Gasteiger partial charge in [-0.2, -0.15) is 13.2 Å². The molecule has 0 unspecified atom stereocenters. The summed E-state index contributed by atoms with van der Waals surface area (Å²) in [4.78, 5) is 25.4. The zero-order chi connectivity index (χ0) is 23.8. The van der Waals surface area contributed by atoms with Crippen LogP contribution in [-0.2, 0) is 4.79 Å². The van der Waals surface area contributed by atoms with Crippen LogP contribution in [0, 0.1) is 0 Å². The third-order valence-electron chi connectivity index (χ3n) is 5.40. The number of hydrogen-bond donors (Lipinski definition) is 0. The third-order valence-corrected chi connectivity index (χ3v) is 5.40. The molecule has 2 aromatic rings. The first-order chi connectivity index (χ1) is 15.8. The Morgan fingerprint density at radius 2 is 1.67 bits per heavy atom. The van der Waals surface area contributed by atoms with Crippen LogP contribution < -0.4 is 10.1 Å². The minimum absolute atomic E-state index is 0.0596. The molecule has 175 valence electrons. The van der Waals surface area contributed by atoms with Crippen molar-refractivity contribution >= 4 is 11.8 Å². The Labute approximate surface area is 189 Å². The number of ether oxygens (including phenoxy) is 1. The Hall–Kier alpha value is -3.36. The smallest absolute Gasteiger partial charge is 0.473 e. The fourth-order valence-corrected chi connectivity index (χ4v) is 3.57. The first-order valence-corrected chi connectivity index (χ1v) is 10.4. The van der Waals surface area contributed by atoms with Gasteiger partial charge in [-0.05, 0) is 48.6 Å². The minimum atomic E-state index is -5.10. The molecule has 33 heavy (non-hydrogen) atoms. The third kappa shape index (κ3) is 6.81. The molecule has 0 N–H and O–H groups in total. The highest BCUT2D eigenvalue weighted by molar-refractivity contribution is 5.94. The normalized spacial score (nSPS) is 15.3. The second-order valence-corrected chi connectivity index (χ2v) is 7.68. The molecular formula is C24H23F4N2O3. The van der Waals surface area contributed by atoms with Crippen LogP contribution in [0.1, 0.15) is 34.7 Å². The minimum Gasteiger partial charge on any atom is -0.489 e. The van der Waals surface area contributed by atoms with Gasteiger partial charge in [0, 0.05) is 24.2 Å². The fraction of sp³-hybridized carbons (Fsp3) is 0.333. The second kappa shape index (κ2) is 11.0. The first kappa shape index (κ1) is 24.3. The summed E-state index contributed by atoms with van der Waals surface area (Å²) in [5.41, 5.74) is 1.53. The molecular weight excluding hydrogens is 440 g/mol. The molecule has 0 bridgehead atoms. The largest absolute Gasteiger partial charge is 0.489 e. The van der Waals surface area contributed by atoms with Crippen molar-refractivity contribution in [1.82, 2.24) is 10.2 Å². The topological polar surface area (TPSA) is 60.7 Å². The molecule has 3 rings (SSSR count). The Balaban J connectivity index is 1.47. The van der Waals surface area contributed by atoms with E-state index >= 15 is 0 Å². The van der Waals surface area contributed by atoms with Crippen molar-refractivity contribution in [3.05, 3.63) is 77.6 Å². The summed E-state index contributed by atoms with van der Waals surface area (Å²) >= 11 is 0. The van der Waals surface area contributed by atoms with Crippen LogP contribution in [-0.4, -0.2) is 49.1 Å². The molecule has 2 aromatic carbocycles. The lowest BCUT2D eigenvalue weighted by Crippen LogP contribution is -2.37. The summed E-state index contributed by atoms with van der Waals surface area (Å²) in [5, 5.41) is 2.79. The molecule has 1 aliphatic rings. The molecule has 1 saturated heterocycles. The molecule has 0 aromatic heterocycles. The summed E-state index contributed by atoms with van der Waals surface area (Å²) < 4.78 is 54.7. The number of piperidine rings is 1. The van der Waals surface area contributed by atoms with Gasteiger partial charge in [0.15, 0.2) is 0 Å². The molecule has 1 fully saturated rings. The number of alkyl halides is 3. The van der Waals surface area contributed by atoms with Crippen molar-refractivity contribution in [3.8, 4) is 5.75 Å². The molecule has 1 aliphatic heterocycles. The van der Waals surface area contributed by atoms with E-state index in [0.717, 1.165) is 12.8 Å². The molecule has 5 nitrogen and oxygen atoms in total. The van der Waals surface area contributed by atoms with Crippen LogP contribution in [0.15, 0.2) is 66.5 Å². The lowest BCUT2D eigenvalue weighted by molar-refractivity contribution is -0.173. The van der Waals surface area contributed by atoms with E-state index in [1.54, 1.807) is 17.0 Å². The van der Waals surface area contributed by atoms with Gasteiger partial charge in [-0.1, -0.05) is 30.3 Å². The predicted octanol–water partition coefficient (Wildman–Crippen LogP) is 4.63. The number of nitrogens with zero attached hydrogens (tertiary/aromatic N) is 2. The zero-order valence-corrected chi connectivity index (χ0v) is 17.7. The Morgan fingerprint density at radius 1 is 1.03 bits per heavy atom. The van der Waals surface area contributed by atoms with Crippen molar-refractivity contribution in [3.63, 3.8) is 0 Å². The molecule has 2 amide bonds. The average Bonchev–Trinajstić information content (AvgIpc) is 2.84. The molecule has 0 spiro atoms. The van der Waals surface area contributed by atoms with Gasteiger partial charge in [-0.15, -0.1) is 0 Å². The zero-order valence-electron chi connectivity index (χ0n) is 17.7. The maximum atomic E-state index is 12.9. The predicted molar refractivity (Wildman–Crippen MR) is 114 cm³/mol. The molecule has 0 aliphatic carbocycles. The van der Waals surface area contributed by atoms with Crippen LogP contribution in [0.4, 0.5) is 17.6 Å². The highest BCUT2D eigenvalue weighted by Crippen LogP contribution is 2.28. The Kier molecular flexibility index (Phi) is 8.08. The van der Waals surface area contributed by atoms with Crippen LogP contribution in [0.2, 0.25) is 0 Å². The summed E-state index contributed by atoms with van der Waals surface area (Å²) in [6.45, 7) is 0.165. The SMILES string of the molecule is O=C(c1ccc(OC/C(=C\F)C[N]C(=O)C(F)(F)F)cc1)N1CCC(c2ccccc2)CC1. The van der Waals surface area contributed by atoms with Crippen LogP contribution in [0.25, 0.3) is 0 Å². The van der Waals surface area contributed by atoms with Crippen molar-refractivity contribution in [2.24, 2.45) is 0 Å². The number of likely N-dealkylation sites (tertiary alicyclic amines) is 1. The Bertz CT molecular complexity index is 967. The van der Waals surface area contributed by atoms with Gasteiger partial charge in [0.25, 0.3) is 5.91 Å². The molecule has 1 heterocycles. The van der Waals surface area contributed by atoms with Crippen molar-refractivity contribution in [2.45, 2.75) is 24.9 Å². The van der Waals surface area contributed by atoms with Gasteiger partial charge in [0.1, 0.15) is 12.4 Å². The van der Waals surface area contributed by atoms with E-state index in [4.69, 9.17) is 4.74 Å². The van der Waals surface area contributed by atoms with E-state index in [-0.39, 0.29) is 24.4 Å². The maximum absolute atomic E-state index is 12.9. The van der Waals surface area contributed by atoms with Gasteiger partial charge >= 0.3 is 12.1 Å². The van der Waals surface area contributed by atoms with E-state index in [9.17, 15) is 27.2 Å². The quantitative estimate of drug-likeness (QED) is 0.563. The Morgan fingerprint density at radius 3 is 2.24 bits per heavy atom. The highest BCUT2D eigenvalue weighted by atomic mass is 19.4. The van der Waals surface area contributed by atoms with Crippen molar-refractivity contribution < 1.29 is 31.9 Å². The molecule has 0 saturated carbocycles. The summed E-state index contributed by atoms with van der Waals surface area (Å²) in [5.74, 6) is -1.64. The maximum Gasteiger partial charge on any atom is 0.473 e. The molecule has 1 radical (unpaired) electrons. The van der Waals surface area contributed by atoms with Gasteiger partial charge < -0.3 is 9.64 Å². The monoisotopic (exact) mass is 463 g/mol. The number of carbonyl (C=O) groups is 2. The molecule has 9 heteroatoms. The summed E-state index contributed by atoms with van der Waals surface area (Å²) in [6.07, 6.45) is -3.26. The van der Waals surface area contributed by atoms with Crippen molar-refractivity contribution in [1.29, 1.82) is 0 Å². The highest BCUT2D eigenvalue weighted by Gasteiger charge is 2.39. The number of hydrogen-bond acceptors (Lipinski definition) is 3. The van der Waals surface area contributed by atoms with Gasteiger partial charge in [-0.25, -0.2) is 9.71 Å². The summed E-state index contributed by atoms with van der Waals surface area (Å²) in [6, 6.07) is 16.4. The first-order valence-electron chi connectivity index (χ1n) is 10.4. The van der Waals surface area contributed by atoms with Crippen LogP contribution in [0.3, 0.4) is 0 Å². The average molecular weight is 463 g/mol. The number of rotatable bonds is 7. The van der Waals surface area contributed by atoms with E-state index in [1.807, 2.05) is 18.2 Å². The number of amides is 2. The van der Waals surface area contributed by atoms with E-state index < -0.39 is 18.6 Å².